The van der Waals surface area contributed by atoms with Gasteiger partial charge in [-0.05, 0) is 19.8 Å². The number of rotatable bonds is 3. The van der Waals surface area contributed by atoms with E-state index in [2.05, 4.69) is 20.0 Å². The molecule has 20 heavy (non-hydrogen) atoms. The normalized spacial score (nSPS) is 17.8. The molecule has 1 amide bonds. The average Bonchev–Trinajstić information content (AvgIpc) is 3.04. The molecule has 0 spiro atoms. The summed E-state index contributed by atoms with van der Waals surface area (Å²) in [6.45, 7) is 4.51. The maximum absolute atomic E-state index is 12.4. The van der Waals surface area contributed by atoms with Crippen LogP contribution in [0.4, 0.5) is 0 Å². The first-order chi connectivity index (χ1) is 9.69. The molecule has 0 aromatic carbocycles. The second-order valence-corrected chi connectivity index (χ2v) is 5.12. The maximum atomic E-state index is 12.4. The fourth-order valence-corrected chi connectivity index (χ4v) is 2.69. The Morgan fingerprint density at radius 1 is 1.60 bits per heavy atom. The third kappa shape index (κ3) is 2.21. The Kier molecular flexibility index (Phi) is 3.30. The van der Waals surface area contributed by atoms with E-state index in [4.69, 9.17) is 4.52 Å². The molecule has 1 N–H and O–H groups in total. The Morgan fingerprint density at radius 3 is 3.25 bits per heavy atom. The molecule has 1 aliphatic rings. The first kappa shape index (κ1) is 12.9. The number of amides is 1. The van der Waals surface area contributed by atoms with Crippen molar-refractivity contribution in [3.8, 4) is 0 Å². The Balaban J connectivity index is 1.72. The Morgan fingerprint density at radius 2 is 2.45 bits per heavy atom. The van der Waals surface area contributed by atoms with Crippen LogP contribution >= 0.6 is 0 Å². The molecule has 0 saturated heterocycles. The lowest BCUT2D eigenvalue weighted by Gasteiger charge is -2.24. The minimum absolute atomic E-state index is 0.0887. The van der Waals surface area contributed by atoms with Crippen molar-refractivity contribution in [1.82, 2.24) is 20.0 Å². The summed E-state index contributed by atoms with van der Waals surface area (Å²) in [4.78, 5) is 16.7. The predicted molar refractivity (Wildman–Crippen MR) is 72.4 cm³/mol. The summed E-state index contributed by atoms with van der Waals surface area (Å²) in [6, 6.07) is 0.128. The van der Waals surface area contributed by atoms with E-state index in [-0.39, 0.29) is 11.9 Å². The minimum Gasteiger partial charge on any atom is -0.361 e. The van der Waals surface area contributed by atoms with Gasteiger partial charge in [0.25, 0.3) is 5.91 Å². The Hall–Kier alpha value is -2.11. The lowest BCUT2D eigenvalue weighted by Crippen LogP contribution is -2.41. The lowest BCUT2D eigenvalue weighted by molar-refractivity contribution is 0.0925. The van der Waals surface area contributed by atoms with Gasteiger partial charge in [-0.3, -0.25) is 4.79 Å². The molecular formula is C14H18N4O2. The number of fused-ring (bicyclic) bond motifs is 1. The van der Waals surface area contributed by atoms with Crippen molar-refractivity contribution in [2.45, 2.75) is 45.7 Å². The topological polar surface area (TPSA) is 73.0 Å². The van der Waals surface area contributed by atoms with Gasteiger partial charge in [0, 0.05) is 31.4 Å². The third-order valence-electron chi connectivity index (χ3n) is 3.77. The van der Waals surface area contributed by atoms with Crippen LogP contribution in [0.15, 0.2) is 16.9 Å². The average molecular weight is 274 g/mol. The lowest BCUT2D eigenvalue weighted by atomic mass is 10.1. The maximum Gasteiger partial charge on any atom is 0.257 e. The highest BCUT2D eigenvalue weighted by atomic mass is 16.5. The van der Waals surface area contributed by atoms with Gasteiger partial charge in [0.1, 0.15) is 17.1 Å². The number of carbonyl (C=O) groups is 1. The van der Waals surface area contributed by atoms with Crippen molar-refractivity contribution in [2.75, 3.05) is 0 Å². The van der Waals surface area contributed by atoms with E-state index in [1.54, 1.807) is 13.1 Å². The van der Waals surface area contributed by atoms with Crippen molar-refractivity contribution in [3.05, 3.63) is 35.2 Å². The molecule has 3 heterocycles. The van der Waals surface area contributed by atoms with E-state index in [1.807, 2.05) is 13.1 Å². The van der Waals surface area contributed by atoms with Crippen molar-refractivity contribution in [2.24, 2.45) is 0 Å². The molecule has 1 atom stereocenters. The second-order valence-electron chi connectivity index (χ2n) is 5.12. The van der Waals surface area contributed by atoms with Gasteiger partial charge in [-0.2, -0.15) is 0 Å². The molecular weight excluding hydrogens is 256 g/mol. The van der Waals surface area contributed by atoms with Gasteiger partial charge < -0.3 is 14.4 Å². The standard InChI is InChI=1S/C14H18N4O2/c1-3-11-13(9(2)20-17-11)14(19)16-10-4-5-12-15-6-7-18(12)8-10/h6-7,10H,3-5,8H2,1-2H3,(H,16,19)/t10-/m1/s1. The summed E-state index contributed by atoms with van der Waals surface area (Å²) in [5.74, 6) is 1.58. The summed E-state index contributed by atoms with van der Waals surface area (Å²) in [7, 11) is 0. The van der Waals surface area contributed by atoms with Gasteiger partial charge in [-0.15, -0.1) is 0 Å². The number of nitrogens with one attached hydrogen (secondary N) is 1. The van der Waals surface area contributed by atoms with Gasteiger partial charge in [0.15, 0.2) is 0 Å². The van der Waals surface area contributed by atoms with E-state index < -0.39 is 0 Å². The van der Waals surface area contributed by atoms with Gasteiger partial charge in [-0.1, -0.05) is 12.1 Å². The van der Waals surface area contributed by atoms with Crippen LogP contribution in [0, 0.1) is 6.92 Å². The van der Waals surface area contributed by atoms with Crippen LogP contribution in [-0.2, 0) is 19.4 Å². The summed E-state index contributed by atoms with van der Waals surface area (Å²) in [5, 5.41) is 7.00. The number of hydrogen-bond donors (Lipinski definition) is 1. The fourth-order valence-electron chi connectivity index (χ4n) is 2.69. The number of carbonyl (C=O) groups excluding carboxylic acids is 1. The van der Waals surface area contributed by atoms with Crippen LogP contribution in [0.25, 0.3) is 0 Å². The zero-order valence-electron chi connectivity index (χ0n) is 11.7. The quantitative estimate of drug-likeness (QED) is 0.920. The molecule has 0 unspecified atom stereocenters. The molecule has 0 radical (unpaired) electrons. The van der Waals surface area contributed by atoms with Gasteiger partial charge in [0.2, 0.25) is 0 Å². The van der Waals surface area contributed by atoms with Crippen molar-refractivity contribution in [1.29, 1.82) is 0 Å². The smallest absolute Gasteiger partial charge is 0.257 e. The molecule has 3 rings (SSSR count). The third-order valence-corrected chi connectivity index (χ3v) is 3.77. The van der Waals surface area contributed by atoms with Crippen molar-refractivity contribution >= 4 is 5.91 Å². The summed E-state index contributed by atoms with van der Waals surface area (Å²) in [5.41, 5.74) is 1.31. The van der Waals surface area contributed by atoms with E-state index in [1.165, 1.54) is 0 Å². The van der Waals surface area contributed by atoms with Crippen molar-refractivity contribution < 1.29 is 9.32 Å². The van der Waals surface area contributed by atoms with Crippen LogP contribution < -0.4 is 5.32 Å². The van der Waals surface area contributed by atoms with E-state index in [0.717, 1.165) is 30.9 Å². The highest BCUT2D eigenvalue weighted by Crippen LogP contribution is 2.17. The predicted octanol–water partition coefficient (Wildman–Crippen LogP) is 1.49. The SMILES string of the molecule is CCc1noc(C)c1C(=O)N[C@@H]1CCc2nccn2C1. The summed E-state index contributed by atoms with van der Waals surface area (Å²) < 4.78 is 7.21. The second kappa shape index (κ2) is 5.11. The fraction of sp³-hybridized carbons (Fsp3) is 0.500. The van der Waals surface area contributed by atoms with Gasteiger partial charge >= 0.3 is 0 Å². The van der Waals surface area contributed by atoms with Crippen LogP contribution in [0.5, 0.6) is 0 Å². The van der Waals surface area contributed by atoms with E-state index >= 15 is 0 Å². The highest BCUT2D eigenvalue weighted by Gasteiger charge is 2.24. The molecule has 0 fully saturated rings. The molecule has 106 valence electrons. The molecule has 1 aliphatic heterocycles. The number of nitrogens with zero attached hydrogens (tertiary/aromatic N) is 3. The monoisotopic (exact) mass is 274 g/mol. The number of hydrogen-bond acceptors (Lipinski definition) is 4. The minimum atomic E-state index is -0.0887. The highest BCUT2D eigenvalue weighted by molar-refractivity contribution is 5.96. The van der Waals surface area contributed by atoms with Crippen LogP contribution in [-0.4, -0.2) is 26.7 Å². The van der Waals surface area contributed by atoms with Crippen LogP contribution in [0.3, 0.4) is 0 Å². The van der Waals surface area contributed by atoms with Crippen LogP contribution in [0.1, 0.15) is 41.0 Å². The Labute approximate surface area is 117 Å². The van der Waals surface area contributed by atoms with E-state index in [9.17, 15) is 4.79 Å². The molecule has 2 aromatic heterocycles. The van der Waals surface area contributed by atoms with Gasteiger partial charge in [0.05, 0.1) is 5.69 Å². The van der Waals surface area contributed by atoms with Gasteiger partial charge in [-0.25, -0.2) is 4.98 Å². The largest absolute Gasteiger partial charge is 0.361 e. The summed E-state index contributed by atoms with van der Waals surface area (Å²) in [6.07, 6.45) is 6.25. The molecule has 6 nitrogen and oxygen atoms in total. The summed E-state index contributed by atoms with van der Waals surface area (Å²) >= 11 is 0. The molecule has 0 aliphatic carbocycles. The number of imidazole rings is 1. The van der Waals surface area contributed by atoms with Crippen LogP contribution in [0.2, 0.25) is 0 Å². The number of aryl methyl sites for hydroxylation is 3. The first-order valence-corrected chi connectivity index (χ1v) is 6.95. The Bertz CT molecular complexity index is 629. The number of aromatic nitrogens is 3. The van der Waals surface area contributed by atoms with E-state index in [0.29, 0.717) is 17.7 Å². The molecule has 6 heteroatoms. The first-order valence-electron chi connectivity index (χ1n) is 6.95. The molecule has 0 saturated carbocycles. The zero-order valence-corrected chi connectivity index (χ0v) is 11.7. The van der Waals surface area contributed by atoms with Crippen molar-refractivity contribution in [3.63, 3.8) is 0 Å². The molecule has 2 aromatic rings. The zero-order chi connectivity index (χ0) is 14.1. The molecule has 0 bridgehead atoms.